The Labute approximate surface area is 136 Å². The predicted octanol–water partition coefficient (Wildman–Crippen LogP) is 3.29. The smallest absolute Gasteiger partial charge is 0.342 e. The SMILES string of the molecule is C[C@@H]1CCC[C@@H](O)CCCCCc2cc(O)cc(O)c2C(=O)O1. The molecule has 1 aromatic rings. The molecule has 0 amide bonds. The van der Waals surface area contributed by atoms with E-state index >= 15 is 0 Å². The molecule has 5 heteroatoms. The summed E-state index contributed by atoms with van der Waals surface area (Å²) < 4.78 is 5.42. The average molecular weight is 322 g/mol. The van der Waals surface area contributed by atoms with Crippen molar-refractivity contribution in [2.24, 2.45) is 0 Å². The Kier molecular flexibility index (Phi) is 6.28. The Morgan fingerprint density at radius 1 is 1.04 bits per heavy atom. The molecule has 0 unspecified atom stereocenters. The average Bonchev–Trinajstić information content (AvgIpc) is 2.45. The number of hydrogen-bond acceptors (Lipinski definition) is 5. The standard InChI is InChI=1S/C18H26O5/c1-12-6-5-9-14(19)8-4-2-3-7-13-10-15(20)11-16(21)17(13)18(22)23-12/h10-12,14,19-21H,2-9H2,1H3/t12-,14+/m1/s1. The lowest BCUT2D eigenvalue weighted by molar-refractivity contribution is 0.0305. The van der Waals surface area contributed by atoms with E-state index in [1.807, 2.05) is 6.92 Å². The molecule has 1 aromatic carbocycles. The third kappa shape index (κ3) is 5.13. The maximum absolute atomic E-state index is 12.4. The molecule has 0 saturated carbocycles. The number of aromatic hydroxyl groups is 2. The Morgan fingerprint density at radius 2 is 1.78 bits per heavy atom. The molecule has 128 valence electrons. The molecule has 5 nitrogen and oxygen atoms in total. The summed E-state index contributed by atoms with van der Waals surface area (Å²) in [4.78, 5) is 12.4. The van der Waals surface area contributed by atoms with Crippen molar-refractivity contribution in [2.75, 3.05) is 0 Å². The van der Waals surface area contributed by atoms with Crippen LogP contribution < -0.4 is 0 Å². The second-order valence-electron chi connectivity index (χ2n) is 6.40. The zero-order chi connectivity index (χ0) is 16.8. The van der Waals surface area contributed by atoms with Gasteiger partial charge in [-0.2, -0.15) is 0 Å². The van der Waals surface area contributed by atoms with Crippen molar-refractivity contribution in [1.29, 1.82) is 0 Å². The van der Waals surface area contributed by atoms with Crippen LogP contribution >= 0.6 is 0 Å². The molecule has 0 fully saturated rings. The molecule has 1 aliphatic heterocycles. The van der Waals surface area contributed by atoms with Crippen LogP contribution in [0.1, 0.15) is 67.8 Å². The van der Waals surface area contributed by atoms with Gasteiger partial charge in [0.1, 0.15) is 17.1 Å². The number of carbonyl (C=O) groups excluding carboxylic acids is 1. The van der Waals surface area contributed by atoms with Gasteiger partial charge in [-0.25, -0.2) is 4.79 Å². The van der Waals surface area contributed by atoms with Crippen LogP contribution in [0.15, 0.2) is 12.1 Å². The normalized spacial score (nSPS) is 24.3. The lowest BCUT2D eigenvalue weighted by Crippen LogP contribution is -2.18. The van der Waals surface area contributed by atoms with Crippen LogP contribution in [-0.4, -0.2) is 33.5 Å². The Balaban J connectivity index is 2.21. The minimum absolute atomic E-state index is 0.0568. The summed E-state index contributed by atoms with van der Waals surface area (Å²) in [6.07, 6.45) is 5.67. The number of esters is 1. The van der Waals surface area contributed by atoms with Gasteiger partial charge in [-0.05, 0) is 57.1 Å². The molecule has 23 heavy (non-hydrogen) atoms. The highest BCUT2D eigenvalue weighted by Crippen LogP contribution is 2.30. The Hall–Kier alpha value is -1.75. The van der Waals surface area contributed by atoms with E-state index in [2.05, 4.69) is 0 Å². The van der Waals surface area contributed by atoms with E-state index in [1.165, 1.54) is 12.1 Å². The van der Waals surface area contributed by atoms with Crippen molar-refractivity contribution in [3.05, 3.63) is 23.3 Å². The summed E-state index contributed by atoms with van der Waals surface area (Å²) in [6, 6.07) is 2.69. The van der Waals surface area contributed by atoms with E-state index in [1.54, 1.807) is 0 Å². The van der Waals surface area contributed by atoms with Crippen molar-refractivity contribution in [3.63, 3.8) is 0 Å². The highest BCUT2D eigenvalue weighted by molar-refractivity contribution is 5.94. The molecule has 0 aromatic heterocycles. The number of carbonyl (C=O) groups is 1. The zero-order valence-electron chi connectivity index (χ0n) is 13.6. The van der Waals surface area contributed by atoms with E-state index in [4.69, 9.17) is 4.74 Å². The van der Waals surface area contributed by atoms with Crippen LogP contribution in [0.2, 0.25) is 0 Å². The van der Waals surface area contributed by atoms with Gasteiger partial charge in [0.25, 0.3) is 0 Å². The zero-order valence-corrected chi connectivity index (χ0v) is 13.6. The highest BCUT2D eigenvalue weighted by atomic mass is 16.5. The first kappa shape index (κ1) is 17.6. The number of phenols is 2. The number of hydrogen-bond donors (Lipinski definition) is 3. The minimum Gasteiger partial charge on any atom is -0.508 e. The molecule has 2 rings (SSSR count). The summed E-state index contributed by atoms with van der Waals surface area (Å²) in [5, 5.41) is 29.6. The molecule has 0 aliphatic carbocycles. The van der Waals surface area contributed by atoms with E-state index < -0.39 is 5.97 Å². The monoisotopic (exact) mass is 322 g/mol. The molecule has 1 heterocycles. The fraction of sp³-hybridized carbons (Fsp3) is 0.611. The molecule has 0 spiro atoms. The number of benzene rings is 1. The summed E-state index contributed by atoms with van der Waals surface area (Å²) >= 11 is 0. The fourth-order valence-corrected chi connectivity index (χ4v) is 3.06. The van der Waals surface area contributed by atoms with E-state index in [-0.39, 0.29) is 29.3 Å². The summed E-state index contributed by atoms with van der Waals surface area (Å²) in [5.41, 5.74) is 0.768. The molecule has 3 N–H and O–H groups in total. The number of aryl methyl sites for hydroxylation is 1. The summed E-state index contributed by atoms with van der Waals surface area (Å²) in [5.74, 6) is -0.846. The maximum atomic E-state index is 12.4. The fourth-order valence-electron chi connectivity index (χ4n) is 3.06. The van der Waals surface area contributed by atoms with Gasteiger partial charge >= 0.3 is 5.97 Å². The molecule has 0 bridgehead atoms. The van der Waals surface area contributed by atoms with Crippen molar-refractivity contribution < 1.29 is 24.9 Å². The largest absolute Gasteiger partial charge is 0.508 e. The highest BCUT2D eigenvalue weighted by Gasteiger charge is 2.21. The van der Waals surface area contributed by atoms with Gasteiger partial charge < -0.3 is 20.1 Å². The quantitative estimate of drug-likeness (QED) is 0.638. The van der Waals surface area contributed by atoms with E-state index in [0.29, 0.717) is 18.4 Å². The maximum Gasteiger partial charge on any atom is 0.342 e. The number of rotatable bonds is 0. The summed E-state index contributed by atoms with van der Waals surface area (Å²) in [7, 11) is 0. The third-order valence-corrected chi connectivity index (χ3v) is 4.33. The van der Waals surface area contributed by atoms with Gasteiger partial charge in [0.15, 0.2) is 0 Å². The lowest BCUT2D eigenvalue weighted by Gasteiger charge is -2.18. The van der Waals surface area contributed by atoms with Crippen molar-refractivity contribution in [1.82, 2.24) is 0 Å². The number of aliphatic hydroxyl groups is 1. The van der Waals surface area contributed by atoms with Crippen molar-refractivity contribution in [2.45, 2.75) is 70.5 Å². The number of phenolic OH excluding ortho intramolecular Hbond substituents is 2. The van der Waals surface area contributed by atoms with Gasteiger partial charge in [0, 0.05) is 6.07 Å². The van der Waals surface area contributed by atoms with Gasteiger partial charge in [0.2, 0.25) is 0 Å². The molecule has 2 atom stereocenters. The van der Waals surface area contributed by atoms with Crippen LogP contribution in [0, 0.1) is 0 Å². The van der Waals surface area contributed by atoms with Gasteiger partial charge in [-0.1, -0.05) is 12.8 Å². The molecule has 1 aliphatic rings. The van der Waals surface area contributed by atoms with E-state index in [9.17, 15) is 20.1 Å². The molecule has 0 radical (unpaired) electrons. The van der Waals surface area contributed by atoms with Gasteiger partial charge in [-0.3, -0.25) is 0 Å². The first-order chi connectivity index (χ1) is 11.0. The summed E-state index contributed by atoms with van der Waals surface area (Å²) in [6.45, 7) is 1.81. The molecular weight excluding hydrogens is 296 g/mol. The Bertz CT molecular complexity index is 540. The van der Waals surface area contributed by atoms with Crippen LogP contribution in [0.25, 0.3) is 0 Å². The number of aliphatic hydroxyl groups excluding tert-OH is 1. The second-order valence-corrected chi connectivity index (χ2v) is 6.40. The van der Waals surface area contributed by atoms with Gasteiger partial charge in [-0.15, -0.1) is 0 Å². The van der Waals surface area contributed by atoms with Crippen LogP contribution in [0.5, 0.6) is 11.5 Å². The second kappa shape index (κ2) is 8.20. The topological polar surface area (TPSA) is 87.0 Å². The number of cyclic esters (lactones) is 1. The Morgan fingerprint density at radius 3 is 2.57 bits per heavy atom. The van der Waals surface area contributed by atoms with Crippen molar-refractivity contribution in [3.8, 4) is 11.5 Å². The van der Waals surface area contributed by atoms with Gasteiger partial charge in [0.05, 0.1) is 12.2 Å². The number of ether oxygens (including phenoxy) is 1. The predicted molar refractivity (Wildman–Crippen MR) is 86.7 cm³/mol. The van der Waals surface area contributed by atoms with Crippen LogP contribution in [0.4, 0.5) is 0 Å². The lowest BCUT2D eigenvalue weighted by atomic mass is 9.97. The van der Waals surface area contributed by atoms with Crippen molar-refractivity contribution >= 4 is 5.97 Å². The van der Waals surface area contributed by atoms with Crippen LogP contribution in [-0.2, 0) is 11.2 Å². The molecular formula is C18H26O5. The van der Waals surface area contributed by atoms with Crippen LogP contribution in [0.3, 0.4) is 0 Å². The first-order valence-corrected chi connectivity index (χ1v) is 8.41. The number of fused-ring (bicyclic) bond motifs is 1. The third-order valence-electron chi connectivity index (χ3n) is 4.33. The molecule has 0 saturated heterocycles. The minimum atomic E-state index is -0.553. The first-order valence-electron chi connectivity index (χ1n) is 8.41. The van der Waals surface area contributed by atoms with E-state index in [0.717, 1.165) is 38.5 Å².